The maximum absolute atomic E-state index is 13.3. The van der Waals surface area contributed by atoms with Gasteiger partial charge >= 0.3 is 11.5 Å². The van der Waals surface area contributed by atoms with Gasteiger partial charge in [0.1, 0.15) is 5.70 Å². The smallest absolute Gasteiger partial charge is 0.321 e. The highest BCUT2D eigenvalue weighted by Crippen LogP contribution is 2.25. The first-order valence-corrected chi connectivity index (χ1v) is 6.34. The molecule has 11 heteroatoms. The van der Waals surface area contributed by atoms with Gasteiger partial charge in [0, 0.05) is 17.7 Å². The van der Waals surface area contributed by atoms with Crippen LogP contribution in [-0.2, 0) is 14.4 Å². The number of amidine groups is 1. The first kappa shape index (κ1) is 15.3. The molecule has 0 spiro atoms. The fourth-order valence-electron chi connectivity index (χ4n) is 1.97. The summed E-state index contributed by atoms with van der Waals surface area (Å²) in [4.78, 5) is 41.6. The second-order valence-electron chi connectivity index (χ2n) is 4.59. The highest BCUT2D eigenvalue weighted by atomic mass is 19.1. The largest absolute Gasteiger partial charge is 0.358 e. The second kappa shape index (κ2) is 5.55. The van der Waals surface area contributed by atoms with Crippen molar-refractivity contribution >= 4 is 17.4 Å². The molecule has 2 aliphatic heterocycles. The third-order valence-electron chi connectivity index (χ3n) is 3.10. The lowest BCUT2D eigenvalue weighted by Crippen LogP contribution is -2.27. The average molecular weight is 334 g/mol. The number of halogens is 1. The molecule has 24 heavy (non-hydrogen) atoms. The number of rotatable bonds is 2. The number of nitrogens with one attached hydrogen (secondary N) is 1. The highest BCUT2D eigenvalue weighted by molar-refractivity contribution is 6.48. The fraction of sp³-hybridized carbons (Fsp3) is 0. The SMILES string of the molecule is O=C1C=C(C2=NC(=C3C=CC=C(F)N3O)ON2)C=C([N+](=O)[O-])C1=O. The molecule has 0 aromatic carbocycles. The van der Waals surface area contributed by atoms with Crippen molar-refractivity contribution in [3.05, 3.63) is 69.3 Å². The molecule has 0 amide bonds. The molecule has 0 radical (unpaired) electrons. The van der Waals surface area contributed by atoms with Crippen LogP contribution in [0.1, 0.15) is 0 Å². The Morgan fingerprint density at radius 3 is 2.83 bits per heavy atom. The van der Waals surface area contributed by atoms with Crippen LogP contribution in [0.2, 0.25) is 0 Å². The van der Waals surface area contributed by atoms with Crippen LogP contribution in [0.5, 0.6) is 0 Å². The van der Waals surface area contributed by atoms with E-state index in [0.717, 1.165) is 18.2 Å². The van der Waals surface area contributed by atoms with E-state index in [1.807, 2.05) is 0 Å². The van der Waals surface area contributed by atoms with E-state index in [0.29, 0.717) is 0 Å². The number of aliphatic imine (C=N–C) groups is 1. The molecule has 0 saturated carbocycles. The molecular weight excluding hydrogens is 327 g/mol. The molecule has 122 valence electrons. The molecule has 0 unspecified atom stereocenters. The molecule has 0 aromatic heterocycles. The lowest BCUT2D eigenvalue weighted by Gasteiger charge is -2.17. The van der Waals surface area contributed by atoms with Crippen molar-refractivity contribution < 1.29 is 28.9 Å². The molecular formula is C13H7FN4O6. The summed E-state index contributed by atoms with van der Waals surface area (Å²) in [5.74, 6) is -3.66. The number of nitro groups is 1. The van der Waals surface area contributed by atoms with Gasteiger partial charge in [0.25, 0.3) is 5.88 Å². The van der Waals surface area contributed by atoms with Gasteiger partial charge in [-0.15, -0.1) is 0 Å². The number of Topliss-reactive ketones (excluding diaryl/α,β-unsaturated/α-hetero) is 1. The van der Waals surface area contributed by atoms with E-state index in [9.17, 15) is 29.3 Å². The number of nitrogens with zero attached hydrogens (tertiary/aromatic N) is 3. The predicted molar refractivity (Wildman–Crippen MR) is 73.8 cm³/mol. The van der Waals surface area contributed by atoms with Gasteiger partial charge in [-0.2, -0.15) is 14.4 Å². The third-order valence-corrected chi connectivity index (χ3v) is 3.10. The molecule has 0 atom stereocenters. The van der Waals surface area contributed by atoms with Gasteiger partial charge in [0.05, 0.1) is 4.92 Å². The summed E-state index contributed by atoms with van der Waals surface area (Å²) in [6.07, 6.45) is 5.31. The Balaban J connectivity index is 1.98. The van der Waals surface area contributed by atoms with E-state index in [-0.39, 0.29) is 28.1 Å². The van der Waals surface area contributed by atoms with E-state index >= 15 is 0 Å². The minimum atomic E-state index is -1.24. The highest BCUT2D eigenvalue weighted by Gasteiger charge is 2.34. The molecule has 0 bridgehead atoms. The zero-order valence-electron chi connectivity index (χ0n) is 11.6. The summed E-state index contributed by atoms with van der Waals surface area (Å²) in [6.45, 7) is 0. The monoisotopic (exact) mass is 334 g/mol. The van der Waals surface area contributed by atoms with Crippen LogP contribution in [0.15, 0.2) is 64.2 Å². The zero-order chi connectivity index (χ0) is 17.4. The number of ketones is 2. The lowest BCUT2D eigenvalue weighted by molar-refractivity contribution is -0.418. The first-order chi connectivity index (χ1) is 11.4. The Morgan fingerprint density at radius 2 is 2.12 bits per heavy atom. The Bertz CT molecular complexity index is 864. The van der Waals surface area contributed by atoms with E-state index in [2.05, 4.69) is 10.5 Å². The predicted octanol–water partition coefficient (Wildman–Crippen LogP) is 0.399. The number of hydrogen-bond donors (Lipinski definition) is 2. The minimum absolute atomic E-state index is 0.0674. The number of carbonyl (C=O) groups is 2. The Morgan fingerprint density at radius 1 is 1.38 bits per heavy atom. The number of hydroxylamine groups is 3. The third kappa shape index (κ3) is 2.48. The molecule has 3 rings (SSSR count). The topological polar surface area (TPSA) is 134 Å². The molecule has 10 nitrogen and oxygen atoms in total. The van der Waals surface area contributed by atoms with E-state index in [1.165, 1.54) is 12.2 Å². The average Bonchev–Trinajstić information content (AvgIpc) is 3.02. The van der Waals surface area contributed by atoms with Crippen molar-refractivity contribution in [3.63, 3.8) is 0 Å². The standard InChI is InChI=1S/C13H7FN4O6/c14-10-3-1-2-7(17(10)21)13-15-12(16-24-13)6-4-8(18(22)23)11(20)9(19)5-6/h1-5,21H,(H,15,16). The van der Waals surface area contributed by atoms with Crippen molar-refractivity contribution in [2.24, 2.45) is 4.99 Å². The number of allylic oxidation sites excluding steroid dienone is 5. The van der Waals surface area contributed by atoms with E-state index < -0.39 is 28.1 Å². The van der Waals surface area contributed by atoms with E-state index in [1.54, 1.807) is 0 Å². The molecule has 0 fully saturated rings. The van der Waals surface area contributed by atoms with Crippen LogP contribution in [0.3, 0.4) is 0 Å². The zero-order valence-corrected chi connectivity index (χ0v) is 11.6. The summed E-state index contributed by atoms with van der Waals surface area (Å²) in [5, 5.41) is 20.6. The maximum atomic E-state index is 13.3. The van der Waals surface area contributed by atoms with E-state index in [4.69, 9.17) is 4.84 Å². The quantitative estimate of drug-likeness (QED) is 0.244. The van der Waals surface area contributed by atoms with Crippen molar-refractivity contribution in [3.8, 4) is 0 Å². The van der Waals surface area contributed by atoms with Crippen molar-refractivity contribution in [1.82, 2.24) is 10.5 Å². The maximum Gasteiger partial charge on any atom is 0.321 e. The van der Waals surface area contributed by atoms with Crippen LogP contribution in [0.25, 0.3) is 0 Å². The summed E-state index contributed by atoms with van der Waals surface area (Å²) in [6, 6.07) is 0. The van der Waals surface area contributed by atoms with Crippen LogP contribution < -0.4 is 5.48 Å². The van der Waals surface area contributed by atoms with Gasteiger partial charge in [0.2, 0.25) is 11.7 Å². The molecule has 0 saturated heterocycles. The van der Waals surface area contributed by atoms with Gasteiger partial charge in [-0.05, 0) is 12.2 Å². The normalized spacial score (nSPS) is 23.2. The van der Waals surface area contributed by atoms with Crippen LogP contribution in [0.4, 0.5) is 4.39 Å². The van der Waals surface area contributed by atoms with Crippen LogP contribution >= 0.6 is 0 Å². The Labute approximate surface area is 132 Å². The van der Waals surface area contributed by atoms with Gasteiger partial charge < -0.3 is 4.84 Å². The second-order valence-corrected chi connectivity index (χ2v) is 4.59. The fourth-order valence-corrected chi connectivity index (χ4v) is 1.97. The molecule has 2 heterocycles. The summed E-state index contributed by atoms with van der Waals surface area (Å²) >= 11 is 0. The van der Waals surface area contributed by atoms with Gasteiger partial charge in [-0.3, -0.25) is 24.9 Å². The lowest BCUT2D eigenvalue weighted by atomic mass is 10.0. The molecule has 1 aliphatic carbocycles. The van der Waals surface area contributed by atoms with Gasteiger partial charge in [-0.1, -0.05) is 6.08 Å². The summed E-state index contributed by atoms with van der Waals surface area (Å²) < 4.78 is 13.3. The molecule has 0 aromatic rings. The minimum Gasteiger partial charge on any atom is -0.358 e. The van der Waals surface area contributed by atoms with Crippen LogP contribution in [0, 0.1) is 10.1 Å². The van der Waals surface area contributed by atoms with Crippen molar-refractivity contribution in [1.29, 1.82) is 0 Å². The molecule has 3 aliphatic rings. The number of hydrogen-bond acceptors (Lipinski definition) is 9. The van der Waals surface area contributed by atoms with Gasteiger partial charge in [-0.25, -0.2) is 5.48 Å². The first-order valence-electron chi connectivity index (χ1n) is 6.34. The van der Waals surface area contributed by atoms with Crippen molar-refractivity contribution in [2.75, 3.05) is 0 Å². The summed E-state index contributed by atoms with van der Waals surface area (Å²) in [5.41, 5.74) is 1.17. The molecule has 2 N–H and O–H groups in total. The number of carbonyl (C=O) groups excluding carboxylic acids is 2. The van der Waals surface area contributed by atoms with Gasteiger partial charge in [0.15, 0.2) is 5.84 Å². The summed E-state index contributed by atoms with van der Waals surface area (Å²) in [7, 11) is 0. The van der Waals surface area contributed by atoms with Crippen LogP contribution in [-0.4, -0.2) is 32.6 Å². The Kier molecular flexibility index (Phi) is 3.54. The Hall–Kier alpha value is -3.60. The van der Waals surface area contributed by atoms with Crippen molar-refractivity contribution in [2.45, 2.75) is 0 Å².